The van der Waals surface area contributed by atoms with Gasteiger partial charge in [-0.25, -0.2) is 17.2 Å². The highest BCUT2D eigenvalue weighted by Crippen LogP contribution is 2.31. The van der Waals surface area contributed by atoms with Crippen molar-refractivity contribution in [1.29, 1.82) is 0 Å². The molecule has 1 heterocycles. The number of aryl methyl sites for hydroxylation is 1. The number of hydrogen-bond donors (Lipinski definition) is 1. The number of benzene rings is 2. The van der Waals surface area contributed by atoms with Crippen LogP contribution < -0.4 is 10.5 Å². The summed E-state index contributed by atoms with van der Waals surface area (Å²) in [5, 5.41) is 0.588. The number of aromatic nitrogens is 1. The van der Waals surface area contributed by atoms with E-state index < -0.39 is 16.0 Å². The van der Waals surface area contributed by atoms with Crippen molar-refractivity contribution in [2.24, 2.45) is 0 Å². The molecule has 0 atom stereocenters. The van der Waals surface area contributed by atoms with Crippen LogP contribution in [0.5, 0.6) is 5.75 Å². The Balaban J connectivity index is 2.32. The van der Waals surface area contributed by atoms with Gasteiger partial charge in [-0.1, -0.05) is 17.7 Å². The Kier molecular flexibility index (Phi) is 4.95. The van der Waals surface area contributed by atoms with Gasteiger partial charge in [-0.05, 0) is 31.2 Å². The lowest BCUT2D eigenvalue weighted by molar-refractivity contribution is -0.387. The van der Waals surface area contributed by atoms with E-state index in [0.717, 1.165) is 5.56 Å². The van der Waals surface area contributed by atoms with E-state index in [-0.39, 0.29) is 22.8 Å². The number of ether oxygens (including phenoxy) is 2. The van der Waals surface area contributed by atoms with Gasteiger partial charge in [0.15, 0.2) is 0 Å². The minimum atomic E-state index is -3.84. The van der Waals surface area contributed by atoms with Crippen LogP contribution in [0.25, 0.3) is 10.9 Å². The van der Waals surface area contributed by atoms with Gasteiger partial charge in [0.2, 0.25) is 0 Å². The minimum Gasteiger partial charge on any atom is -0.496 e. The third kappa shape index (κ3) is 3.17. The molecule has 7 nitrogen and oxygen atoms in total. The molecule has 0 aliphatic rings. The quantitative estimate of drug-likeness (QED) is 0.670. The second-order valence-electron chi connectivity index (χ2n) is 6.07. The van der Waals surface area contributed by atoms with Gasteiger partial charge in [-0.2, -0.15) is 0 Å². The maximum Gasteiger partial charge on any atom is 0.341 e. The van der Waals surface area contributed by atoms with E-state index in [9.17, 15) is 13.2 Å². The summed E-state index contributed by atoms with van der Waals surface area (Å²) in [7, 11) is -1.15. The smallest absolute Gasteiger partial charge is 0.341 e. The van der Waals surface area contributed by atoms with Crippen LogP contribution in [0, 0.1) is 6.92 Å². The predicted molar refractivity (Wildman–Crippen MR) is 100 cm³/mol. The summed E-state index contributed by atoms with van der Waals surface area (Å²) in [4.78, 5) is 12.2. The molecule has 3 aromatic rings. The average molecular weight is 389 g/mol. The number of carbonyl (C=O) groups is 1. The minimum absolute atomic E-state index is 0.177. The van der Waals surface area contributed by atoms with Crippen LogP contribution in [-0.4, -0.2) is 32.6 Å². The average Bonchev–Trinajstić information content (AvgIpc) is 3.04. The van der Waals surface area contributed by atoms with Gasteiger partial charge in [0.1, 0.15) is 17.9 Å². The third-order valence-electron chi connectivity index (χ3n) is 4.37. The topological polar surface area (TPSA) is 102 Å². The summed E-state index contributed by atoms with van der Waals surface area (Å²) < 4.78 is 37.9. The second kappa shape index (κ2) is 7.05. The first kappa shape index (κ1) is 18.9. The standard InChI is InChI=1S/C19H20N2O5S/c1-12-4-6-15(7-5-12)27(23,24)21-14(11-20)8-13-9-16(19(22)26-3)18(25-2)10-17(13)21/h4-10H,11,20H2,1-3H3/p+1. The highest BCUT2D eigenvalue weighted by Gasteiger charge is 2.25. The molecule has 27 heavy (non-hydrogen) atoms. The van der Waals surface area contributed by atoms with E-state index in [1.165, 1.54) is 24.3 Å². The van der Waals surface area contributed by atoms with Gasteiger partial charge in [0, 0.05) is 11.5 Å². The number of fused-ring (bicyclic) bond motifs is 1. The lowest BCUT2D eigenvalue weighted by Crippen LogP contribution is -2.48. The zero-order chi connectivity index (χ0) is 19.8. The molecule has 0 spiro atoms. The number of methoxy groups -OCH3 is 2. The molecule has 3 N–H and O–H groups in total. The number of rotatable bonds is 5. The molecular weight excluding hydrogens is 368 g/mol. The van der Waals surface area contributed by atoms with Crippen molar-refractivity contribution in [3.05, 3.63) is 59.3 Å². The first-order valence-corrected chi connectivity index (χ1v) is 9.69. The van der Waals surface area contributed by atoms with Crippen molar-refractivity contribution < 1.29 is 28.4 Å². The number of esters is 1. The van der Waals surface area contributed by atoms with Gasteiger partial charge in [0.05, 0.1) is 30.3 Å². The molecule has 0 unspecified atom stereocenters. The molecule has 1 aromatic heterocycles. The molecule has 142 valence electrons. The first-order valence-electron chi connectivity index (χ1n) is 8.25. The van der Waals surface area contributed by atoms with E-state index in [1.807, 2.05) is 6.92 Å². The Labute approximate surface area is 157 Å². The summed E-state index contributed by atoms with van der Waals surface area (Å²) in [5.74, 6) is -0.317. The second-order valence-corrected chi connectivity index (χ2v) is 7.86. The lowest BCUT2D eigenvalue weighted by atomic mass is 10.1. The van der Waals surface area contributed by atoms with Crippen LogP contribution >= 0.6 is 0 Å². The SMILES string of the molecule is COC(=O)c1cc2cc(C[NH3+])n(S(=O)(=O)c3ccc(C)cc3)c2cc1OC. The highest BCUT2D eigenvalue weighted by atomic mass is 32.2. The summed E-state index contributed by atoms with van der Waals surface area (Å²) in [5.41, 5.74) is 5.96. The van der Waals surface area contributed by atoms with Crippen molar-refractivity contribution >= 4 is 26.9 Å². The molecule has 0 aliphatic heterocycles. The van der Waals surface area contributed by atoms with Crippen molar-refractivity contribution in [3.8, 4) is 5.75 Å². The fraction of sp³-hybridized carbons (Fsp3) is 0.211. The summed E-state index contributed by atoms with van der Waals surface area (Å²) in [6, 6.07) is 11.5. The van der Waals surface area contributed by atoms with Crippen LogP contribution in [-0.2, 0) is 21.3 Å². The molecule has 2 aromatic carbocycles. The van der Waals surface area contributed by atoms with Crippen molar-refractivity contribution in [1.82, 2.24) is 3.97 Å². The van der Waals surface area contributed by atoms with Crippen LogP contribution in [0.2, 0.25) is 0 Å². The fourth-order valence-electron chi connectivity index (χ4n) is 2.98. The van der Waals surface area contributed by atoms with E-state index in [0.29, 0.717) is 16.6 Å². The molecule has 0 bridgehead atoms. The van der Waals surface area contributed by atoms with Crippen LogP contribution in [0.1, 0.15) is 21.6 Å². The summed E-state index contributed by atoms with van der Waals surface area (Å²) in [6.45, 7) is 2.15. The van der Waals surface area contributed by atoms with Gasteiger partial charge < -0.3 is 15.2 Å². The Morgan fingerprint density at radius 1 is 1.11 bits per heavy atom. The van der Waals surface area contributed by atoms with Gasteiger partial charge >= 0.3 is 5.97 Å². The zero-order valence-corrected chi connectivity index (χ0v) is 16.2. The zero-order valence-electron chi connectivity index (χ0n) is 15.4. The maximum atomic E-state index is 13.3. The molecule has 0 amide bonds. The van der Waals surface area contributed by atoms with E-state index in [4.69, 9.17) is 9.47 Å². The number of hydrogen-bond acceptors (Lipinski definition) is 5. The molecule has 0 aliphatic carbocycles. The van der Waals surface area contributed by atoms with Crippen LogP contribution in [0.3, 0.4) is 0 Å². The van der Waals surface area contributed by atoms with Gasteiger partial charge in [-0.15, -0.1) is 0 Å². The molecule has 0 saturated heterocycles. The van der Waals surface area contributed by atoms with E-state index in [1.54, 1.807) is 36.4 Å². The van der Waals surface area contributed by atoms with Crippen molar-refractivity contribution in [2.75, 3.05) is 14.2 Å². The molecule has 0 radical (unpaired) electrons. The monoisotopic (exact) mass is 389 g/mol. The molecular formula is C19H21N2O5S+. The fourth-order valence-corrected chi connectivity index (χ4v) is 4.54. The number of carbonyl (C=O) groups excluding carboxylic acids is 1. The molecule has 8 heteroatoms. The lowest BCUT2D eigenvalue weighted by Gasteiger charge is -2.12. The Morgan fingerprint density at radius 2 is 1.78 bits per heavy atom. The number of nitrogens with zero attached hydrogens (tertiary/aromatic N) is 1. The Hall–Kier alpha value is -2.84. The molecule has 3 rings (SSSR count). The summed E-state index contributed by atoms with van der Waals surface area (Å²) in [6.07, 6.45) is 0. The Bertz CT molecular complexity index is 1120. The molecule has 0 saturated carbocycles. The molecule has 0 fully saturated rings. The third-order valence-corrected chi connectivity index (χ3v) is 6.15. The van der Waals surface area contributed by atoms with Gasteiger partial charge in [-0.3, -0.25) is 0 Å². The maximum absolute atomic E-state index is 13.3. The summed E-state index contributed by atoms with van der Waals surface area (Å²) >= 11 is 0. The Morgan fingerprint density at radius 3 is 2.33 bits per heavy atom. The van der Waals surface area contributed by atoms with Crippen molar-refractivity contribution in [2.45, 2.75) is 18.4 Å². The normalized spacial score (nSPS) is 11.6. The van der Waals surface area contributed by atoms with Crippen LogP contribution in [0.4, 0.5) is 0 Å². The van der Waals surface area contributed by atoms with E-state index >= 15 is 0 Å². The largest absolute Gasteiger partial charge is 0.496 e. The highest BCUT2D eigenvalue weighted by molar-refractivity contribution is 7.90. The van der Waals surface area contributed by atoms with Crippen LogP contribution in [0.15, 0.2) is 47.4 Å². The number of quaternary nitrogens is 1. The van der Waals surface area contributed by atoms with Gasteiger partial charge in [0.25, 0.3) is 10.0 Å². The first-order chi connectivity index (χ1) is 12.8. The predicted octanol–water partition coefficient (Wildman–Crippen LogP) is 1.72. The van der Waals surface area contributed by atoms with E-state index in [2.05, 4.69) is 5.73 Å². The van der Waals surface area contributed by atoms with Crippen molar-refractivity contribution in [3.63, 3.8) is 0 Å².